The monoisotopic (exact) mass is 459 g/mol. The van der Waals surface area contributed by atoms with Gasteiger partial charge in [-0.2, -0.15) is 0 Å². The molecule has 0 bridgehead atoms. The molecule has 0 aliphatic heterocycles. The van der Waals surface area contributed by atoms with E-state index in [0.29, 0.717) is 5.13 Å². The molecule has 162 valence electrons. The molecule has 1 N–H and O–H groups in total. The van der Waals surface area contributed by atoms with Crippen LogP contribution in [0.15, 0.2) is 47.4 Å². The Morgan fingerprint density at radius 3 is 2.45 bits per heavy atom. The summed E-state index contributed by atoms with van der Waals surface area (Å²) in [4.78, 5) is 28.2. The molecule has 2 aromatic carbocycles. The maximum atomic E-state index is 12.7. The van der Waals surface area contributed by atoms with Gasteiger partial charge in [-0.1, -0.05) is 37.6 Å². The highest BCUT2D eigenvalue weighted by molar-refractivity contribution is 7.90. The molecule has 0 fully saturated rings. The van der Waals surface area contributed by atoms with Crippen molar-refractivity contribution in [2.24, 2.45) is 0 Å². The molecule has 1 aromatic heterocycles. The van der Waals surface area contributed by atoms with Gasteiger partial charge in [-0.15, -0.1) is 11.3 Å². The fourth-order valence-electron chi connectivity index (χ4n) is 3.04. The number of nitro groups is 1. The van der Waals surface area contributed by atoms with Crippen molar-refractivity contribution in [2.45, 2.75) is 31.6 Å². The molecule has 0 atom stereocenters. The van der Waals surface area contributed by atoms with E-state index in [1.165, 1.54) is 16.9 Å². The highest BCUT2D eigenvalue weighted by atomic mass is 32.2. The molecule has 3 aromatic rings. The predicted octanol–water partition coefficient (Wildman–Crippen LogP) is 4.64. The number of thiazole rings is 1. The van der Waals surface area contributed by atoms with Crippen LogP contribution in [-0.2, 0) is 16.3 Å². The molecule has 0 aliphatic rings. The maximum Gasteiger partial charge on any atom is 0.271 e. The summed E-state index contributed by atoms with van der Waals surface area (Å²) in [5.41, 5.74) is 2.28. The Hall–Kier alpha value is -3.11. The minimum absolute atomic E-state index is 0.132. The van der Waals surface area contributed by atoms with Crippen LogP contribution in [0.3, 0.4) is 0 Å². The molecular weight excluding hydrogens is 438 g/mol. The van der Waals surface area contributed by atoms with E-state index in [2.05, 4.69) is 17.2 Å². The van der Waals surface area contributed by atoms with Crippen LogP contribution in [0.1, 0.15) is 34.1 Å². The van der Waals surface area contributed by atoms with Gasteiger partial charge >= 0.3 is 0 Å². The summed E-state index contributed by atoms with van der Waals surface area (Å²) in [6, 6.07) is 11.1. The van der Waals surface area contributed by atoms with E-state index >= 15 is 0 Å². The number of amides is 1. The molecule has 8 nitrogen and oxygen atoms in total. The summed E-state index contributed by atoms with van der Waals surface area (Å²) in [7, 11) is -3.73. The number of nitrogens with one attached hydrogen (secondary N) is 1. The van der Waals surface area contributed by atoms with Gasteiger partial charge in [0, 0.05) is 34.4 Å². The zero-order chi connectivity index (χ0) is 22.8. The Labute approximate surface area is 184 Å². The second kappa shape index (κ2) is 8.94. The van der Waals surface area contributed by atoms with Gasteiger partial charge < -0.3 is 0 Å². The van der Waals surface area contributed by atoms with Gasteiger partial charge in [0.25, 0.3) is 11.6 Å². The van der Waals surface area contributed by atoms with E-state index in [-0.39, 0.29) is 10.5 Å². The second-order valence-electron chi connectivity index (χ2n) is 7.07. The molecule has 0 saturated heterocycles. The number of carbonyl (C=O) groups is 1. The summed E-state index contributed by atoms with van der Waals surface area (Å²) < 4.78 is 23.7. The summed E-state index contributed by atoms with van der Waals surface area (Å²) in [6.45, 7) is 4.01. The normalized spacial score (nSPS) is 11.3. The predicted molar refractivity (Wildman–Crippen MR) is 120 cm³/mol. The molecule has 0 unspecified atom stereocenters. The number of rotatable bonds is 7. The maximum absolute atomic E-state index is 12.7. The number of nitro benzene ring substituents is 1. The van der Waals surface area contributed by atoms with E-state index in [4.69, 9.17) is 0 Å². The first kappa shape index (κ1) is 22.6. The van der Waals surface area contributed by atoms with E-state index in [9.17, 15) is 23.3 Å². The number of benzene rings is 2. The number of nitrogens with zero attached hydrogens (tertiary/aromatic N) is 2. The van der Waals surface area contributed by atoms with E-state index in [1.807, 2.05) is 31.2 Å². The summed E-state index contributed by atoms with van der Waals surface area (Å²) in [5.74, 6) is -0.674. The Morgan fingerprint density at radius 2 is 1.87 bits per heavy atom. The Balaban J connectivity index is 1.88. The third kappa shape index (κ3) is 5.33. The highest BCUT2D eigenvalue weighted by Crippen LogP contribution is 2.31. The van der Waals surface area contributed by atoms with Gasteiger partial charge in [-0.25, -0.2) is 13.4 Å². The Bertz CT molecular complexity index is 1250. The number of carbonyl (C=O) groups excluding carboxylic acids is 1. The molecule has 0 spiro atoms. The standard InChI is InChI=1S/C21H21N3O5S2/c1-4-5-14-6-8-15(9-7-14)19-13(2)30-21(22-19)23-20(25)16-10-17(24(26)27)12-18(11-16)31(3,28)29/h6-12H,4-5H2,1-3H3,(H,22,23,25). The third-order valence-corrected chi connectivity index (χ3v) is 6.55. The average molecular weight is 460 g/mol. The van der Waals surface area contributed by atoms with Gasteiger partial charge in [0.2, 0.25) is 0 Å². The molecular formula is C21H21N3O5S2. The number of aromatic nitrogens is 1. The minimum atomic E-state index is -3.73. The fraction of sp³-hybridized carbons (Fsp3) is 0.238. The van der Waals surface area contributed by atoms with Crippen molar-refractivity contribution in [1.29, 1.82) is 0 Å². The topological polar surface area (TPSA) is 119 Å². The zero-order valence-corrected chi connectivity index (χ0v) is 18.8. The first-order valence-corrected chi connectivity index (χ1v) is 12.2. The second-order valence-corrected chi connectivity index (χ2v) is 10.3. The molecule has 0 radical (unpaired) electrons. The van der Waals surface area contributed by atoms with Crippen LogP contribution < -0.4 is 5.32 Å². The van der Waals surface area contributed by atoms with Crippen molar-refractivity contribution in [2.75, 3.05) is 11.6 Å². The van der Waals surface area contributed by atoms with Gasteiger partial charge in [0.1, 0.15) is 0 Å². The van der Waals surface area contributed by atoms with Crippen molar-refractivity contribution < 1.29 is 18.1 Å². The van der Waals surface area contributed by atoms with Crippen LogP contribution in [0.25, 0.3) is 11.3 Å². The fourth-order valence-corrected chi connectivity index (χ4v) is 4.55. The lowest BCUT2D eigenvalue weighted by atomic mass is 10.1. The van der Waals surface area contributed by atoms with Crippen LogP contribution in [0.5, 0.6) is 0 Å². The van der Waals surface area contributed by atoms with Crippen molar-refractivity contribution >= 4 is 37.9 Å². The zero-order valence-electron chi connectivity index (χ0n) is 17.2. The van der Waals surface area contributed by atoms with Crippen molar-refractivity contribution in [3.05, 3.63) is 68.6 Å². The van der Waals surface area contributed by atoms with Crippen LogP contribution in [0.4, 0.5) is 10.8 Å². The lowest BCUT2D eigenvalue weighted by Crippen LogP contribution is -2.13. The Kier molecular flexibility index (Phi) is 6.51. The molecule has 3 rings (SSSR count). The van der Waals surface area contributed by atoms with E-state index < -0.39 is 26.4 Å². The molecule has 1 heterocycles. The lowest BCUT2D eigenvalue weighted by molar-refractivity contribution is -0.385. The number of sulfone groups is 1. The average Bonchev–Trinajstić information content (AvgIpc) is 3.07. The van der Waals surface area contributed by atoms with E-state index in [0.717, 1.165) is 53.4 Å². The van der Waals surface area contributed by atoms with Crippen LogP contribution in [-0.4, -0.2) is 30.5 Å². The van der Waals surface area contributed by atoms with Crippen molar-refractivity contribution in [3.63, 3.8) is 0 Å². The molecule has 10 heteroatoms. The molecule has 0 saturated carbocycles. The molecule has 31 heavy (non-hydrogen) atoms. The number of hydrogen-bond donors (Lipinski definition) is 1. The SMILES string of the molecule is CCCc1ccc(-c2nc(NC(=O)c3cc([N+](=O)[O-])cc(S(C)(=O)=O)c3)sc2C)cc1. The number of non-ortho nitro benzene ring substituents is 1. The summed E-state index contributed by atoms with van der Waals surface area (Å²) >= 11 is 1.27. The van der Waals surface area contributed by atoms with Gasteiger partial charge in [0.15, 0.2) is 15.0 Å². The largest absolute Gasteiger partial charge is 0.298 e. The number of anilines is 1. The van der Waals surface area contributed by atoms with Crippen molar-refractivity contribution in [3.8, 4) is 11.3 Å². The van der Waals surface area contributed by atoms with Gasteiger partial charge in [-0.3, -0.25) is 20.2 Å². The smallest absolute Gasteiger partial charge is 0.271 e. The molecule has 0 aliphatic carbocycles. The molecule has 1 amide bonds. The summed E-state index contributed by atoms with van der Waals surface area (Å²) in [5, 5.41) is 14.1. The summed E-state index contributed by atoms with van der Waals surface area (Å²) in [6.07, 6.45) is 2.98. The Morgan fingerprint density at radius 1 is 1.19 bits per heavy atom. The van der Waals surface area contributed by atoms with E-state index in [1.54, 1.807) is 0 Å². The van der Waals surface area contributed by atoms with Gasteiger partial charge in [0.05, 0.1) is 15.5 Å². The third-order valence-electron chi connectivity index (χ3n) is 4.58. The van der Waals surface area contributed by atoms with Crippen molar-refractivity contribution in [1.82, 2.24) is 4.98 Å². The first-order valence-electron chi connectivity index (χ1n) is 9.46. The van der Waals surface area contributed by atoms with Crippen LogP contribution in [0.2, 0.25) is 0 Å². The number of hydrogen-bond acceptors (Lipinski definition) is 7. The quantitative estimate of drug-likeness (QED) is 0.406. The van der Waals surface area contributed by atoms with Crippen LogP contribution >= 0.6 is 11.3 Å². The number of aryl methyl sites for hydroxylation is 2. The van der Waals surface area contributed by atoms with Gasteiger partial charge in [-0.05, 0) is 25.0 Å². The van der Waals surface area contributed by atoms with Crippen LogP contribution in [0, 0.1) is 17.0 Å². The highest BCUT2D eigenvalue weighted by Gasteiger charge is 2.20. The lowest BCUT2D eigenvalue weighted by Gasteiger charge is -2.05. The first-order chi connectivity index (χ1) is 14.6. The minimum Gasteiger partial charge on any atom is -0.298 e.